The van der Waals surface area contributed by atoms with Crippen LogP contribution < -0.4 is 9.47 Å². The number of aromatic nitrogens is 2. The summed E-state index contributed by atoms with van der Waals surface area (Å²) in [6, 6.07) is 20.9. The summed E-state index contributed by atoms with van der Waals surface area (Å²) in [5, 5.41) is 10.4. The molecule has 0 radical (unpaired) electrons. The Hall–Kier alpha value is -4.86. The van der Waals surface area contributed by atoms with Gasteiger partial charge in [-0.2, -0.15) is 0 Å². The van der Waals surface area contributed by atoms with Crippen molar-refractivity contribution in [2.75, 3.05) is 0 Å². The van der Waals surface area contributed by atoms with E-state index in [2.05, 4.69) is 9.72 Å². The second-order valence-corrected chi connectivity index (χ2v) is 8.84. The van der Waals surface area contributed by atoms with Gasteiger partial charge in [-0.1, -0.05) is 30.3 Å². The highest BCUT2D eigenvalue weighted by molar-refractivity contribution is 6.17. The maximum absolute atomic E-state index is 13.8. The summed E-state index contributed by atoms with van der Waals surface area (Å²) in [6.45, 7) is 3.05. The summed E-state index contributed by atoms with van der Waals surface area (Å²) in [6.07, 6.45) is -6.04. The minimum Gasteiger partial charge on any atom is -0.479 e. The molecule has 0 aliphatic rings. The van der Waals surface area contributed by atoms with Crippen LogP contribution in [0.1, 0.15) is 28.7 Å². The van der Waals surface area contributed by atoms with Gasteiger partial charge in [-0.15, -0.1) is 13.2 Å². The minimum absolute atomic E-state index is 0.179. The molecule has 0 saturated carbocycles. The average molecular weight is 534 g/mol. The van der Waals surface area contributed by atoms with Crippen molar-refractivity contribution in [2.24, 2.45) is 0 Å². The Balaban J connectivity index is 1.69. The number of hydrogen-bond donors (Lipinski definition) is 1. The lowest BCUT2D eigenvalue weighted by molar-refractivity contribution is -0.274. The molecule has 1 N–H and O–H groups in total. The van der Waals surface area contributed by atoms with Gasteiger partial charge in [0.05, 0.1) is 16.6 Å². The van der Waals surface area contributed by atoms with Crippen LogP contribution in [0.2, 0.25) is 0 Å². The Morgan fingerprint density at radius 3 is 2.46 bits per heavy atom. The van der Waals surface area contributed by atoms with Gasteiger partial charge in [-0.25, -0.2) is 9.78 Å². The number of carboxylic acids is 1. The van der Waals surface area contributed by atoms with E-state index in [-0.39, 0.29) is 22.5 Å². The predicted octanol–water partition coefficient (Wildman–Crippen LogP) is 6.47. The summed E-state index contributed by atoms with van der Waals surface area (Å²) >= 11 is 0. The zero-order valence-electron chi connectivity index (χ0n) is 20.7. The first-order chi connectivity index (χ1) is 18.5. The van der Waals surface area contributed by atoms with Crippen molar-refractivity contribution in [1.82, 2.24) is 9.55 Å². The zero-order valence-corrected chi connectivity index (χ0v) is 20.7. The third-order valence-electron chi connectivity index (χ3n) is 6.20. The molecule has 0 fully saturated rings. The molecule has 0 bridgehead atoms. The smallest absolute Gasteiger partial charge is 0.479 e. The van der Waals surface area contributed by atoms with Crippen molar-refractivity contribution in [3.05, 3.63) is 95.8 Å². The number of aliphatic carboxylic acids is 1. The fourth-order valence-corrected chi connectivity index (χ4v) is 4.48. The van der Waals surface area contributed by atoms with Crippen LogP contribution >= 0.6 is 0 Å². The Morgan fingerprint density at radius 2 is 1.72 bits per heavy atom. The molecule has 0 unspecified atom stereocenters. The van der Waals surface area contributed by atoms with E-state index in [4.69, 9.17) is 4.74 Å². The first kappa shape index (κ1) is 25.8. The third kappa shape index (κ3) is 5.13. The monoisotopic (exact) mass is 534 g/mol. The maximum atomic E-state index is 13.8. The van der Waals surface area contributed by atoms with Crippen molar-refractivity contribution in [3.63, 3.8) is 0 Å². The molecule has 2 heterocycles. The summed E-state index contributed by atoms with van der Waals surface area (Å²) in [4.78, 5) is 29.6. The van der Waals surface area contributed by atoms with Crippen molar-refractivity contribution in [3.8, 4) is 17.2 Å². The number of alkyl halides is 3. The van der Waals surface area contributed by atoms with Crippen molar-refractivity contribution >= 4 is 33.6 Å². The number of benzene rings is 3. The van der Waals surface area contributed by atoms with Gasteiger partial charge in [0.15, 0.2) is 6.10 Å². The number of para-hydroxylation sites is 1. The first-order valence-electron chi connectivity index (χ1n) is 11.8. The standard InChI is InChI=1S/C29H21F3N2O5/c1-16-26(27(35)24-13-10-18-6-3-4-9-23(18)33-24)22-12-11-21(39-29(30,31)32)15-25(22)34(16)19-7-5-8-20(14-19)38-17(2)28(36)37/h3-15,17H,1-2H3,(H,36,37)/t17-/m0/s1. The van der Waals surface area contributed by atoms with Crippen LogP contribution in [0.5, 0.6) is 11.5 Å². The molecule has 5 rings (SSSR count). The number of carbonyl (C=O) groups excluding carboxylic acids is 1. The molecule has 0 aliphatic carbocycles. The number of fused-ring (bicyclic) bond motifs is 2. The number of hydrogen-bond acceptors (Lipinski definition) is 5. The molecule has 7 nitrogen and oxygen atoms in total. The zero-order chi connectivity index (χ0) is 27.9. The normalized spacial score (nSPS) is 12.4. The Morgan fingerprint density at radius 1 is 0.949 bits per heavy atom. The highest BCUT2D eigenvalue weighted by Crippen LogP contribution is 2.35. The van der Waals surface area contributed by atoms with Gasteiger partial charge in [-0.3, -0.25) is 4.79 Å². The largest absolute Gasteiger partial charge is 0.573 e. The number of nitrogens with zero attached hydrogens (tertiary/aromatic N) is 2. The Bertz CT molecular complexity index is 1740. The van der Waals surface area contributed by atoms with E-state index < -0.39 is 30.0 Å². The first-order valence-corrected chi connectivity index (χ1v) is 11.8. The number of ketones is 1. The number of rotatable bonds is 7. The van der Waals surface area contributed by atoms with E-state index in [1.165, 1.54) is 19.1 Å². The molecule has 3 aromatic carbocycles. The van der Waals surface area contributed by atoms with Gasteiger partial charge in [-0.05, 0) is 50.2 Å². The van der Waals surface area contributed by atoms with Gasteiger partial charge in [0.25, 0.3) is 0 Å². The summed E-state index contributed by atoms with van der Waals surface area (Å²) < 4.78 is 50.3. The van der Waals surface area contributed by atoms with Crippen LogP contribution in [0.25, 0.3) is 27.5 Å². The molecule has 39 heavy (non-hydrogen) atoms. The van der Waals surface area contributed by atoms with Crippen molar-refractivity contribution in [1.29, 1.82) is 0 Å². The predicted molar refractivity (Wildman–Crippen MR) is 138 cm³/mol. The van der Waals surface area contributed by atoms with Crippen LogP contribution in [0.15, 0.2) is 78.9 Å². The van der Waals surface area contributed by atoms with Gasteiger partial charge in [0.1, 0.15) is 17.2 Å². The quantitative estimate of drug-likeness (QED) is 0.241. The van der Waals surface area contributed by atoms with E-state index in [0.717, 1.165) is 11.5 Å². The Kier molecular flexibility index (Phi) is 6.47. The summed E-state index contributed by atoms with van der Waals surface area (Å²) in [5.74, 6) is -1.79. The van der Waals surface area contributed by atoms with Crippen LogP contribution in [-0.2, 0) is 4.79 Å². The number of carbonyl (C=O) groups is 2. The second-order valence-electron chi connectivity index (χ2n) is 8.84. The average Bonchev–Trinajstić information content (AvgIpc) is 3.18. The topological polar surface area (TPSA) is 90.6 Å². The minimum atomic E-state index is -4.91. The lowest BCUT2D eigenvalue weighted by Gasteiger charge is -2.14. The molecule has 0 spiro atoms. The van der Waals surface area contributed by atoms with Crippen molar-refractivity contribution < 1.29 is 37.3 Å². The molecule has 198 valence electrons. The van der Waals surface area contributed by atoms with Crippen LogP contribution in [-0.4, -0.2) is 38.9 Å². The van der Waals surface area contributed by atoms with Crippen LogP contribution in [0.4, 0.5) is 13.2 Å². The summed E-state index contributed by atoms with van der Waals surface area (Å²) in [5.41, 5.74) is 2.24. The van der Waals surface area contributed by atoms with Gasteiger partial charge in [0.2, 0.25) is 5.78 Å². The fourth-order valence-electron chi connectivity index (χ4n) is 4.48. The molecule has 5 aromatic rings. The summed E-state index contributed by atoms with van der Waals surface area (Å²) in [7, 11) is 0. The lowest BCUT2D eigenvalue weighted by atomic mass is 10.0. The van der Waals surface area contributed by atoms with Gasteiger partial charge in [0, 0.05) is 34.3 Å². The van der Waals surface area contributed by atoms with Crippen LogP contribution in [0, 0.1) is 6.92 Å². The lowest BCUT2D eigenvalue weighted by Crippen LogP contribution is -2.22. The maximum Gasteiger partial charge on any atom is 0.573 e. The van der Waals surface area contributed by atoms with E-state index in [1.54, 1.807) is 54.0 Å². The molecule has 10 heteroatoms. The van der Waals surface area contributed by atoms with E-state index in [9.17, 15) is 27.9 Å². The third-order valence-corrected chi connectivity index (χ3v) is 6.20. The Labute approximate surface area is 220 Å². The number of pyridine rings is 1. The highest BCUT2D eigenvalue weighted by Gasteiger charge is 2.32. The number of ether oxygens (including phenoxy) is 2. The van der Waals surface area contributed by atoms with Gasteiger partial charge < -0.3 is 19.1 Å². The van der Waals surface area contributed by atoms with Crippen molar-refractivity contribution in [2.45, 2.75) is 26.3 Å². The molecule has 2 aromatic heterocycles. The van der Waals surface area contributed by atoms with E-state index in [1.807, 2.05) is 18.2 Å². The number of halogens is 3. The van der Waals surface area contributed by atoms with Gasteiger partial charge >= 0.3 is 12.3 Å². The fraction of sp³-hybridized carbons (Fsp3) is 0.138. The molecular formula is C29H21F3N2O5. The molecule has 0 amide bonds. The number of carboxylic acid groups (broad SMARTS) is 1. The molecule has 1 atom stereocenters. The van der Waals surface area contributed by atoms with E-state index >= 15 is 0 Å². The second kappa shape index (κ2) is 9.79. The van der Waals surface area contributed by atoms with Crippen LogP contribution in [0.3, 0.4) is 0 Å². The molecular weight excluding hydrogens is 513 g/mol. The van der Waals surface area contributed by atoms with E-state index in [0.29, 0.717) is 22.3 Å². The molecule has 0 aliphatic heterocycles. The SMILES string of the molecule is Cc1c(C(=O)c2ccc3ccccc3n2)c2ccc(OC(F)(F)F)cc2n1-c1cccc(O[C@@H](C)C(=O)O)c1. The highest BCUT2D eigenvalue weighted by atomic mass is 19.4. The molecule has 0 saturated heterocycles.